The number of rotatable bonds is 6. The minimum atomic E-state index is -5.86. The summed E-state index contributed by atoms with van der Waals surface area (Å²) in [5.74, 6) is -5.35. The van der Waals surface area contributed by atoms with Gasteiger partial charge in [0.2, 0.25) is 0 Å². The fourth-order valence-electron chi connectivity index (χ4n) is 3.56. The van der Waals surface area contributed by atoms with Gasteiger partial charge in [-0.2, -0.15) is 18.3 Å². The van der Waals surface area contributed by atoms with Gasteiger partial charge < -0.3 is 11.1 Å². The van der Waals surface area contributed by atoms with Crippen LogP contribution in [0.3, 0.4) is 0 Å². The lowest BCUT2D eigenvalue weighted by molar-refractivity contribution is -0.304. The van der Waals surface area contributed by atoms with Crippen LogP contribution in [-0.4, -0.2) is 26.4 Å². The van der Waals surface area contributed by atoms with Crippen LogP contribution in [0, 0.1) is 6.92 Å². The summed E-state index contributed by atoms with van der Waals surface area (Å²) in [6.45, 7) is 2.75. The van der Waals surface area contributed by atoms with E-state index in [-0.39, 0.29) is 62.1 Å². The van der Waals surface area contributed by atoms with E-state index in [1.165, 1.54) is 19.1 Å². The standard InChI is InChI=1S/C22H21F6IN4O/c1-4-13-8-15(21(25,20(3,23)24)22(26,27)28)7-12(2)18(13)32-19(34)14-5-6-17(16(30)9-14)33-11-29-10-31-33/h5-11H,4,30H2,1-3H3,(H,32,34). The second-order valence-electron chi connectivity index (χ2n) is 7.73. The van der Waals surface area contributed by atoms with E-state index in [0.717, 1.165) is 6.07 Å². The van der Waals surface area contributed by atoms with Crippen molar-refractivity contribution >= 4 is 52.1 Å². The number of hydrogen-bond donors (Lipinski definition) is 2. The predicted octanol–water partition coefficient (Wildman–Crippen LogP) is 6.27. The van der Waals surface area contributed by atoms with E-state index in [1.54, 1.807) is 22.2 Å². The normalized spacial score (nSPS) is 15.7. The third-order valence-electron chi connectivity index (χ3n) is 5.34. The molecule has 0 aliphatic carbocycles. The monoisotopic (exact) mass is 598 g/mol. The number of anilines is 3. The highest BCUT2D eigenvalue weighted by atomic mass is 127. The maximum absolute atomic E-state index is 14.9. The first-order chi connectivity index (χ1) is 15.7. The molecule has 34 heavy (non-hydrogen) atoms. The largest absolute Gasteiger partial charge is 0.432 e. The summed E-state index contributed by atoms with van der Waals surface area (Å²) in [5.41, 5.74) is 1.17. The molecule has 1 heterocycles. The van der Waals surface area contributed by atoms with E-state index in [1.807, 2.05) is 4.14 Å². The zero-order chi connectivity index (χ0) is 25.5. The highest BCUT2D eigenvalue weighted by Crippen LogP contribution is 2.53. The summed E-state index contributed by atoms with van der Waals surface area (Å²) < 4.78 is 86.5. The number of nitrogens with zero attached hydrogens (tertiary/aromatic N) is 2. The van der Waals surface area contributed by atoms with Crippen LogP contribution < -0.4 is 16.1 Å². The molecule has 1 atom stereocenters. The van der Waals surface area contributed by atoms with Crippen molar-refractivity contribution in [2.24, 2.45) is 5.10 Å². The van der Waals surface area contributed by atoms with Gasteiger partial charge in [0.05, 0.1) is 19.7 Å². The number of alkyl halides is 6. The topological polar surface area (TPSA) is 70.7 Å². The summed E-state index contributed by atoms with van der Waals surface area (Å²) in [6.07, 6.45) is -5.80. The molecule has 1 aliphatic heterocycles. The van der Waals surface area contributed by atoms with Gasteiger partial charge in [0.1, 0.15) is 0 Å². The highest BCUT2D eigenvalue weighted by molar-refractivity contribution is 14.2. The summed E-state index contributed by atoms with van der Waals surface area (Å²) >= 11 is -0.297. The zero-order valence-corrected chi connectivity index (χ0v) is 20.4. The Hall–Kier alpha value is -2.64. The molecular formula is C22H21F6IN4O. The molecule has 3 rings (SSSR count). The smallest absolute Gasteiger partial charge is 0.397 e. The number of halogens is 7. The van der Waals surface area contributed by atoms with Crippen molar-refractivity contribution < 1.29 is 31.1 Å². The minimum absolute atomic E-state index is 0.00717. The Balaban J connectivity index is 1.97. The number of nitrogen functional groups attached to an aromatic ring is 1. The zero-order valence-electron chi connectivity index (χ0n) is 18.3. The van der Waals surface area contributed by atoms with Crippen LogP contribution in [0.5, 0.6) is 0 Å². The van der Waals surface area contributed by atoms with Gasteiger partial charge in [-0.05, 0) is 48.7 Å². The molecule has 5 nitrogen and oxygen atoms in total. The highest BCUT2D eigenvalue weighted by Gasteiger charge is 2.70. The van der Waals surface area contributed by atoms with E-state index in [4.69, 9.17) is 5.73 Å². The van der Waals surface area contributed by atoms with Crippen LogP contribution in [0.25, 0.3) is 0 Å². The predicted molar refractivity (Wildman–Crippen MR) is 130 cm³/mol. The molecule has 0 radical (unpaired) electrons. The number of hydrogen-bond acceptors (Lipinski definition) is 4. The van der Waals surface area contributed by atoms with Crippen molar-refractivity contribution in [2.45, 2.75) is 45.0 Å². The lowest BCUT2D eigenvalue weighted by atomic mass is 9.86. The molecule has 3 N–H and O–H groups in total. The van der Waals surface area contributed by atoms with Crippen molar-refractivity contribution in [1.82, 2.24) is 0 Å². The van der Waals surface area contributed by atoms with Gasteiger partial charge in [0.15, 0.2) is 0 Å². The van der Waals surface area contributed by atoms with Gasteiger partial charge >= 0.3 is 6.18 Å². The lowest BCUT2D eigenvalue weighted by Gasteiger charge is -2.34. The van der Waals surface area contributed by atoms with Crippen molar-refractivity contribution in [3.8, 4) is 0 Å². The average Bonchev–Trinajstić information content (AvgIpc) is 3.27. The van der Waals surface area contributed by atoms with Gasteiger partial charge in [-0.25, -0.2) is 18.2 Å². The molecule has 0 aromatic heterocycles. The maximum Gasteiger partial charge on any atom is 0.432 e. The average molecular weight is 598 g/mol. The number of amides is 1. The Labute approximate surface area is 201 Å². The maximum atomic E-state index is 14.9. The van der Waals surface area contributed by atoms with E-state index < -0.39 is 29.2 Å². The fourth-order valence-corrected chi connectivity index (χ4v) is 4.87. The Kier molecular flexibility index (Phi) is 7.02. The fraction of sp³-hybridized carbons (Fsp3) is 0.318. The summed E-state index contributed by atoms with van der Waals surface area (Å²) in [6, 6.07) is 5.93. The van der Waals surface area contributed by atoms with Crippen LogP contribution in [0.2, 0.25) is 0 Å². The van der Waals surface area contributed by atoms with Crippen molar-refractivity contribution in [2.75, 3.05) is 16.1 Å². The van der Waals surface area contributed by atoms with Gasteiger partial charge in [-0.15, -0.1) is 0 Å². The van der Waals surface area contributed by atoms with E-state index >= 15 is 0 Å². The molecule has 0 fully saturated rings. The molecule has 1 unspecified atom stereocenters. The second-order valence-corrected chi connectivity index (χ2v) is 9.57. The number of carbonyl (C=O) groups excluding carboxylic acids is 1. The molecule has 0 spiro atoms. The lowest BCUT2D eigenvalue weighted by Crippen LogP contribution is -2.51. The Bertz CT molecular complexity index is 1150. The molecule has 2 aromatic rings. The Morgan fingerprint density at radius 1 is 1.15 bits per heavy atom. The Morgan fingerprint density at radius 2 is 1.82 bits per heavy atom. The molecule has 1 aliphatic rings. The van der Waals surface area contributed by atoms with Crippen LogP contribution in [0.4, 0.5) is 43.4 Å². The van der Waals surface area contributed by atoms with Crippen molar-refractivity contribution in [1.29, 1.82) is 0 Å². The first-order valence-electron chi connectivity index (χ1n) is 9.96. The first-order valence-corrected chi connectivity index (χ1v) is 12.4. The Morgan fingerprint density at radius 3 is 2.32 bits per heavy atom. The van der Waals surface area contributed by atoms with E-state index in [9.17, 15) is 31.1 Å². The van der Waals surface area contributed by atoms with Crippen LogP contribution in [0.15, 0.2) is 35.4 Å². The molecular weight excluding hydrogens is 577 g/mol. The summed E-state index contributed by atoms with van der Waals surface area (Å²) in [4.78, 5) is 12.8. The van der Waals surface area contributed by atoms with E-state index in [0.29, 0.717) is 11.8 Å². The van der Waals surface area contributed by atoms with Crippen LogP contribution >= 0.6 is 20.7 Å². The molecule has 12 heteroatoms. The summed E-state index contributed by atoms with van der Waals surface area (Å²) in [5, 5.41) is 8.36. The van der Waals surface area contributed by atoms with Gasteiger partial charge in [-0.3, -0.25) is 4.79 Å². The molecule has 1 amide bonds. The molecule has 0 saturated heterocycles. The first kappa shape index (κ1) is 26.0. The van der Waals surface area contributed by atoms with E-state index in [2.05, 4.69) is 10.4 Å². The number of carbonyl (C=O) groups is 1. The molecule has 2 aromatic carbocycles. The molecule has 0 saturated carbocycles. The molecule has 184 valence electrons. The third kappa shape index (κ3) is 4.64. The number of aryl methyl sites for hydroxylation is 2. The van der Waals surface area contributed by atoms with Crippen LogP contribution in [-0.2, 0) is 12.1 Å². The van der Waals surface area contributed by atoms with Crippen LogP contribution in [0.1, 0.15) is 40.9 Å². The SMILES string of the molecule is CCc1cc(C(F)(C(C)(F)F)C(F)(F)F)cc(C)c1NC(=O)c1ccc(N2C=IC=N2)c(N)c1. The second kappa shape index (κ2) is 9.19. The van der Waals surface area contributed by atoms with Gasteiger partial charge in [0.25, 0.3) is 17.5 Å². The number of nitrogens with two attached hydrogens (primary N) is 1. The quantitative estimate of drug-likeness (QED) is 0.234. The van der Waals surface area contributed by atoms with Gasteiger partial charge in [0, 0.05) is 23.7 Å². The summed E-state index contributed by atoms with van der Waals surface area (Å²) in [7, 11) is 0. The molecule has 0 bridgehead atoms. The number of benzene rings is 2. The van der Waals surface area contributed by atoms with Crippen molar-refractivity contribution in [3.05, 3.63) is 52.6 Å². The third-order valence-corrected chi connectivity index (χ3v) is 6.76. The number of hydrazone groups is 1. The number of nitrogens with one attached hydrogen (secondary N) is 1. The van der Waals surface area contributed by atoms with Gasteiger partial charge in [-0.1, -0.05) is 33.7 Å². The van der Waals surface area contributed by atoms with Crippen molar-refractivity contribution in [3.63, 3.8) is 0 Å². The minimum Gasteiger partial charge on any atom is -0.397 e.